The van der Waals surface area contributed by atoms with Gasteiger partial charge in [-0.1, -0.05) is 0 Å². The maximum Gasteiger partial charge on any atom is 0.224 e. The molecule has 3 N–H and O–H groups in total. The quantitative estimate of drug-likeness (QED) is 0.526. The molecule has 0 radical (unpaired) electrons. The lowest BCUT2D eigenvalue weighted by Gasteiger charge is -2.11. The van der Waals surface area contributed by atoms with Crippen LogP contribution in [0.25, 0.3) is 0 Å². The SMILES string of the molecule is O=C(NC1[C@H]2CNC[C@@H]12)[C@@H]1CCNC1. The van der Waals surface area contributed by atoms with Crippen LogP contribution in [0.3, 0.4) is 0 Å². The van der Waals surface area contributed by atoms with Gasteiger partial charge in [0.25, 0.3) is 0 Å². The van der Waals surface area contributed by atoms with Crippen molar-refractivity contribution in [2.75, 3.05) is 26.2 Å². The number of nitrogens with one attached hydrogen (secondary N) is 3. The average Bonchev–Trinajstić information content (AvgIpc) is 2.75. The Morgan fingerprint density at radius 3 is 2.57 bits per heavy atom. The Bertz CT molecular complexity index is 240. The van der Waals surface area contributed by atoms with Gasteiger partial charge in [0.1, 0.15) is 0 Å². The standard InChI is InChI=1S/C10H17N3O/c14-10(6-1-2-11-3-6)13-9-7-4-12-5-8(7)9/h6-9,11-12H,1-5H2,(H,13,14)/t6-,7-,8+,9?/m1/s1. The molecule has 0 aromatic carbocycles. The maximum atomic E-state index is 11.8. The summed E-state index contributed by atoms with van der Waals surface area (Å²) >= 11 is 0. The second kappa shape index (κ2) is 3.21. The molecule has 2 heterocycles. The van der Waals surface area contributed by atoms with Gasteiger partial charge in [0.15, 0.2) is 0 Å². The summed E-state index contributed by atoms with van der Waals surface area (Å²) in [5.41, 5.74) is 0. The molecule has 0 aromatic heterocycles. The fourth-order valence-corrected chi connectivity index (χ4v) is 2.79. The minimum atomic E-state index is 0.226. The molecule has 0 bridgehead atoms. The van der Waals surface area contributed by atoms with Crippen LogP contribution < -0.4 is 16.0 Å². The van der Waals surface area contributed by atoms with Crippen molar-refractivity contribution in [2.24, 2.45) is 17.8 Å². The van der Waals surface area contributed by atoms with Gasteiger partial charge in [-0.2, -0.15) is 0 Å². The third-order valence-electron chi connectivity index (χ3n) is 3.83. The highest BCUT2D eigenvalue weighted by molar-refractivity contribution is 5.80. The second-order valence-electron chi connectivity index (χ2n) is 4.71. The first kappa shape index (κ1) is 8.68. The van der Waals surface area contributed by atoms with Crippen LogP contribution >= 0.6 is 0 Å². The minimum absolute atomic E-state index is 0.226. The van der Waals surface area contributed by atoms with Gasteiger partial charge >= 0.3 is 0 Å². The summed E-state index contributed by atoms with van der Waals surface area (Å²) < 4.78 is 0. The van der Waals surface area contributed by atoms with Gasteiger partial charge in [-0.05, 0) is 24.8 Å². The topological polar surface area (TPSA) is 53.2 Å². The van der Waals surface area contributed by atoms with E-state index < -0.39 is 0 Å². The number of hydrogen-bond acceptors (Lipinski definition) is 3. The van der Waals surface area contributed by atoms with E-state index in [2.05, 4.69) is 16.0 Å². The summed E-state index contributed by atoms with van der Waals surface area (Å²) in [6, 6.07) is 0.490. The molecular formula is C10H17N3O. The van der Waals surface area contributed by atoms with Crippen LogP contribution in [-0.2, 0) is 4.79 Å². The van der Waals surface area contributed by atoms with Crippen molar-refractivity contribution in [2.45, 2.75) is 12.5 Å². The van der Waals surface area contributed by atoms with Crippen molar-refractivity contribution in [3.8, 4) is 0 Å². The van der Waals surface area contributed by atoms with E-state index in [9.17, 15) is 4.79 Å². The lowest BCUT2D eigenvalue weighted by molar-refractivity contribution is -0.124. The molecule has 2 saturated heterocycles. The van der Waals surface area contributed by atoms with E-state index in [0.717, 1.165) is 44.4 Å². The Hall–Kier alpha value is -0.610. The fraction of sp³-hybridized carbons (Fsp3) is 0.900. The zero-order valence-corrected chi connectivity index (χ0v) is 8.25. The van der Waals surface area contributed by atoms with Crippen molar-refractivity contribution in [3.05, 3.63) is 0 Å². The molecule has 2 aliphatic heterocycles. The van der Waals surface area contributed by atoms with Crippen LogP contribution in [-0.4, -0.2) is 38.1 Å². The molecule has 3 aliphatic rings. The Labute approximate surface area is 83.8 Å². The molecule has 1 amide bonds. The largest absolute Gasteiger partial charge is 0.352 e. The Kier molecular flexibility index (Phi) is 1.99. The molecular weight excluding hydrogens is 178 g/mol. The third-order valence-corrected chi connectivity index (χ3v) is 3.83. The van der Waals surface area contributed by atoms with Gasteiger partial charge in [0.05, 0.1) is 5.92 Å². The van der Waals surface area contributed by atoms with Crippen molar-refractivity contribution in [3.63, 3.8) is 0 Å². The second-order valence-corrected chi connectivity index (χ2v) is 4.71. The molecule has 3 fully saturated rings. The van der Waals surface area contributed by atoms with Crippen LogP contribution in [0.4, 0.5) is 0 Å². The number of carbonyl (C=O) groups excluding carboxylic acids is 1. The summed E-state index contributed by atoms with van der Waals surface area (Å²) in [6.07, 6.45) is 1.01. The summed E-state index contributed by atoms with van der Waals surface area (Å²) in [7, 11) is 0. The molecule has 0 aromatic rings. The van der Waals surface area contributed by atoms with Crippen LogP contribution in [0, 0.1) is 17.8 Å². The van der Waals surface area contributed by atoms with Crippen LogP contribution in [0.2, 0.25) is 0 Å². The highest BCUT2D eigenvalue weighted by Crippen LogP contribution is 2.41. The van der Waals surface area contributed by atoms with E-state index in [4.69, 9.17) is 0 Å². The van der Waals surface area contributed by atoms with E-state index in [1.54, 1.807) is 0 Å². The Morgan fingerprint density at radius 1 is 1.14 bits per heavy atom. The molecule has 78 valence electrons. The Morgan fingerprint density at radius 2 is 1.93 bits per heavy atom. The van der Waals surface area contributed by atoms with E-state index in [1.807, 2.05) is 0 Å². The summed E-state index contributed by atoms with van der Waals surface area (Å²) in [4.78, 5) is 11.8. The summed E-state index contributed by atoms with van der Waals surface area (Å²) in [5, 5.41) is 9.73. The number of hydrogen-bond donors (Lipinski definition) is 3. The zero-order valence-electron chi connectivity index (χ0n) is 8.25. The molecule has 3 rings (SSSR count). The molecule has 4 atom stereocenters. The molecule has 1 saturated carbocycles. The predicted molar refractivity (Wildman–Crippen MR) is 52.8 cm³/mol. The zero-order chi connectivity index (χ0) is 9.54. The normalized spacial score (nSPS) is 44.9. The molecule has 14 heavy (non-hydrogen) atoms. The molecule has 1 unspecified atom stereocenters. The first-order valence-electron chi connectivity index (χ1n) is 5.58. The van der Waals surface area contributed by atoms with Crippen LogP contribution in [0.15, 0.2) is 0 Å². The summed E-state index contributed by atoms with van der Waals surface area (Å²) in [6.45, 7) is 4.06. The highest BCUT2D eigenvalue weighted by Gasteiger charge is 2.53. The summed E-state index contributed by atoms with van der Waals surface area (Å²) in [5.74, 6) is 1.96. The lowest BCUT2D eigenvalue weighted by atomic mass is 10.1. The lowest BCUT2D eigenvalue weighted by Crippen LogP contribution is -2.37. The minimum Gasteiger partial charge on any atom is -0.352 e. The van der Waals surface area contributed by atoms with Crippen molar-refractivity contribution < 1.29 is 4.79 Å². The maximum absolute atomic E-state index is 11.8. The van der Waals surface area contributed by atoms with E-state index in [0.29, 0.717) is 6.04 Å². The van der Waals surface area contributed by atoms with Crippen molar-refractivity contribution in [1.82, 2.24) is 16.0 Å². The number of piperidine rings is 1. The van der Waals surface area contributed by atoms with Crippen molar-refractivity contribution in [1.29, 1.82) is 0 Å². The number of rotatable bonds is 2. The average molecular weight is 195 g/mol. The van der Waals surface area contributed by atoms with Gasteiger partial charge in [0.2, 0.25) is 5.91 Å². The fourth-order valence-electron chi connectivity index (χ4n) is 2.79. The smallest absolute Gasteiger partial charge is 0.224 e. The van der Waals surface area contributed by atoms with Gasteiger partial charge in [0, 0.05) is 25.7 Å². The molecule has 4 heteroatoms. The predicted octanol–water partition coefficient (Wildman–Crippen LogP) is -1.07. The first-order valence-corrected chi connectivity index (χ1v) is 5.58. The van der Waals surface area contributed by atoms with Crippen LogP contribution in [0.1, 0.15) is 6.42 Å². The number of fused-ring (bicyclic) bond motifs is 1. The molecule has 1 aliphatic carbocycles. The van der Waals surface area contributed by atoms with Crippen LogP contribution in [0.5, 0.6) is 0 Å². The first-order chi connectivity index (χ1) is 6.86. The highest BCUT2D eigenvalue weighted by atomic mass is 16.2. The van der Waals surface area contributed by atoms with Gasteiger partial charge in [-0.15, -0.1) is 0 Å². The van der Waals surface area contributed by atoms with E-state index in [1.165, 1.54) is 0 Å². The Balaban J connectivity index is 1.50. The van der Waals surface area contributed by atoms with E-state index in [-0.39, 0.29) is 11.8 Å². The molecule has 0 spiro atoms. The van der Waals surface area contributed by atoms with Crippen molar-refractivity contribution >= 4 is 5.91 Å². The number of amides is 1. The van der Waals surface area contributed by atoms with E-state index >= 15 is 0 Å². The number of carbonyl (C=O) groups is 1. The van der Waals surface area contributed by atoms with Gasteiger partial charge in [-0.3, -0.25) is 4.79 Å². The monoisotopic (exact) mass is 195 g/mol. The van der Waals surface area contributed by atoms with Gasteiger partial charge < -0.3 is 16.0 Å². The van der Waals surface area contributed by atoms with Gasteiger partial charge in [-0.25, -0.2) is 0 Å². The third kappa shape index (κ3) is 1.33. The molecule has 4 nitrogen and oxygen atoms in total.